The molecule has 168 valence electrons. The number of hydrogen-bond acceptors (Lipinski definition) is 6. The van der Waals surface area contributed by atoms with Gasteiger partial charge in [0, 0.05) is 12.1 Å². The van der Waals surface area contributed by atoms with Gasteiger partial charge in [0.25, 0.3) is 5.91 Å². The maximum atomic E-state index is 13.6. The predicted molar refractivity (Wildman–Crippen MR) is 121 cm³/mol. The Bertz CT molecular complexity index is 1220. The Balaban J connectivity index is 2.04. The molecule has 0 saturated carbocycles. The van der Waals surface area contributed by atoms with Gasteiger partial charge in [0.05, 0.1) is 28.4 Å². The molecule has 0 aliphatic carbocycles. The molecular formula is C24H26N2O6. The van der Waals surface area contributed by atoms with E-state index >= 15 is 0 Å². The van der Waals surface area contributed by atoms with E-state index in [-0.39, 0.29) is 5.91 Å². The van der Waals surface area contributed by atoms with E-state index in [2.05, 4.69) is 0 Å². The van der Waals surface area contributed by atoms with Gasteiger partial charge >= 0.3 is 0 Å². The molecule has 0 bridgehead atoms. The van der Waals surface area contributed by atoms with E-state index in [9.17, 15) is 9.59 Å². The summed E-state index contributed by atoms with van der Waals surface area (Å²) in [5.74, 6) is 1.42. The molecule has 0 unspecified atom stereocenters. The predicted octanol–water partition coefficient (Wildman–Crippen LogP) is 3.12. The van der Waals surface area contributed by atoms with Crippen molar-refractivity contribution in [3.63, 3.8) is 0 Å². The number of fused-ring (bicyclic) bond motifs is 3. The number of carbonyl (C=O) groups is 2. The van der Waals surface area contributed by atoms with Crippen LogP contribution in [0, 0.1) is 0 Å². The summed E-state index contributed by atoms with van der Waals surface area (Å²) in [5.41, 5.74) is 6.01. The number of nitrogens with two attached hydrogens (primary N) is 1. The van der Waals surface area contributed by atoms with Crippen LogP contribution in [-0.4, -0.2) is 57.7 Å². The molecule has 1 aliphatic heterocycles. The molecule has 1 fully saturated rings. The number of nitrogens with zero attached hydrogens (tertiary/aromatic N) is 1. The first kappa shape index (κ1) is 21.5. The Morgan fingerprint density at radius 1 is 0.812 bits per heavy atom. The standard InChI is InChI=1S/C24H26N2O6/c1-29-19-9-13-8-17(24(28)26-7-5-6-18(26)23(25)27)16-12-22(32-4)21(31-3)11-15(16)14(13)10-20(19)30-2/h8-12,18H,5-7H2,1-4H3,(H2,25,27)/t18-/m0/s1. The number of amides is 2. The van der Waals surface area contributed by atoms with Gasteiger partial charge in [-0.2, -0.15) is 0 Å². The number of carbonyl (C=O) groups excluding carboxylic acids is 2. The molecule has 0 radical (unpaired) electrons. The molecule has 1 atom stereocenters. The molecule has 3 aromatic carbocycles. The summed E-state index contributed by atoms with van der Waals surface area (Å²) < 4.78 is 21.9. The lowest BCUT2D eigenvalue weighted by Crippen LogP contribution is -2.43. The maximum absolute atomic E-state index is 13.6. The SMILES string of the molecule is COc1cc2cc(C(=O)N3CCC[C@H]3C(N)=O)c3cc(OC)c(OC)cc3c2cc1OC. The third-order valence-electron chi connectivity index (χ3n) is 6.03. The van der Waals surface area contributed by atoms with Gasteiger partial charge in [0.2, 0.25) is 5.91 Å². The van der Waals surface area contributed by atoms with Crippen LogP contribution in [-0.2, 0) is 4.79 Å². The molecule has 0 aromatic heterocycles. The maximum Gasteiger partial charge on any atom is 0.255 e. The van der Waals surface area contributed by atoms with Crippen LogP contribution in [0.5, 0.6) is 23.0 Å². The van der Waals surface area contributed by atoms with Crippen LogP contribution in [0.4, 0.5) is 0 Å². The molecule has 4 rings (SSSR count). The topological polar surface area (TPSA) is 100 Å². The first-order valence-electron chi connectivity index (χ1n) is 10.3. The Labute approximate surface area is 185 Å². The fourth-order valence-electron chi connectivity index (χ4n) is 4.44. The van der Waals surface area contributed by atoms with Crippen LogP contribution in [0.15, 0.2) is 30.3 Å². The van der Waals surface area contributed by atoms with Crippen molar-refractivity contribution in [3.05, 3.63) is 35.9 Å². The van der Waals surface area contributed by atoms with Crippen LogP contribution >= 0.6 is 0 Å². The van der Waals surface area contributed by atoms with Crippen molar-refractivity contribution in [3.8, 4) is 23.0 Å². The van der Waals surface area contributed by atoms with Crippen molar-refractivity contribution in [2.45, 2.75) is 18.9 Å². The lowest BCUT2D eigenvalue weighted by atomic mass is 9.95. The van der Waals surface area contributed by atoms with Gasteiger partial charge in [-0.25, -0.2) is 0 Å². The van der Waals surface area contributed by atoms with E-state index in [4.69, 9.17) is 24.7 Å². The van der Waals surface area contributed by atoms with Gasteiger partial charge in [-0.15, -0.1) is 0 Å². The zero-order chi connectivity index (χ0) is 23.0. The summed E-state index contributed by atoms with van der Waals surface area (Å²) in [6.07, 6.45) is 1.29. The highest BCUT2D eigenvalue weighted by atomic mass is 16.5. The lowest BCUT2D eigenvalue weighted by Gasteiger charge is -2.24. The third kappa shape index (κ3) is 3.41. The van der Waals surface area contributed by atoms with Crippen LogP contribution in [0.2, 0.25) is 0 Å². The van der Waals surface area contributed by atoms with E-state index < -0.39 is 11.9 Å². The highest BCUT2D eigenvalue weighted by molar-refractivity contribution is 6.18. The quantitative estimate of drug-likeness (QED) is 0.594. The Kier molecular flexibility index (Phi) is 5.69. The Morgan fingerprint density at radius 2 is 1.34 bits per heavy atom. The van der Waals surface area contributed by atoms with Crippen LogP contribution in [0.3, 0.4) is 0 Å². The molecule has 3 aromatic rings. The van der Waals surface area contributed by atoms with Gasteiger partial charge in [-0.05, 0) is 64.7 Å². The second-order valence-electron chi connectivity index (χ2n) is 7.66. The normalized spacial score (nSPS) is 15.8. The molecule has 1 heterocycles. The van der Waals surface area contributed by atoms with Crippen LogP contribution in [0.1, 0.15) is 23.2 Å². The fourth-order valence-corrected chi connectivity index (χ4v) is 4.44. The number of likely N-dealkylation sites (tertiary alicyclic amines) is 1. The minimum Gasteiger partial charge on any atom is -0.493 e. The van der Waals surface area contributed by atoms with Gasteiger partial charge in [0.1, 0.15) is 6.04 Å². The van der Waals surface area contributed by atoms with E-state index in [0.717, 1.165) is 22.6 Å². The number of ether oxygens (including phenoxy) is 4. The zero-order valence-electron chi connectivity index (χ0n) is 18.6. The highest BCUT2D eigenvalue weighted by Gasteiger charge is 2.34. The molecule has 1 aliphatic rings. The largest absolute Gasteiger partial charge is 0.493 e. The van der Waals surface area contributed by atoms with Crippen LogP contribution < -0.4 is 24.7 Å². The summed E-state index contributed by atoms with van der Waals surface area (Å²) in [6, 6.07) is 8.53. The number of benzene rings is 3. The number of rotatable bonds is 6. The van der Waals surface area contributed by atoms with Crippen molar-refractivity contribution >= 4 is 33.4 Å². The number of hydrogen-bond donors (Lipinski definition) is 1. The van der Waals surface area contributed by atoms with Crippen molar-refractivity contribution in [2.75, 3.05) is 35.0 Å². The minimum atomic E-state index is -0.612. The Morgan fingerprint density at radius 3 is 1.91 bits per heavy atom. The lowest BCUT2D eigenvalue weighted by molar-refractivity contribution is -0.121. The fraction of sp³-hybridized carbons (Fsp3) is 0.333. The molecule has 2 N–H and O–H groups in total. The zero-order valence-corrected chi connectivity index (χ0v) is 18.6. The van der Waals surface area contributed by atoms with Gasteiger partial charge in [-0.3, -0.25) is 9.59 Å². The van der Waals surface area contributed by atoms with Crippen molar-refractivity contribution in [2.24, 2.45) is 5.73 Å². The second-order valence-corrected chi connectivity index (χ2v) is 7.66. The molecule has 8 nitrogen and oxygen atoms in total. The van der Waals surface area contributed by atoms with E-state index in [1.165, 1.54) is 0 Å². The van der Waals surface area contributed by atoms with Gasteiger partial charge < -0.3 is 29.6 Å². The first-order valence-corrected chi connectivity index (χ1v) is 10.3. The average molecular weight is 438 g/mol. The average Bonchev–Trinajstić information content (AvgIpc) is 3.31. The van der Waals surface area contributed by atoms with Gasteiger partial charge in [-0.1, -0.05) is 0 Å². The summed E-state index contributed by atoms with van der Waals surface area (Å²) >= 11 is 0. The summed E-state index contributed by atoms with van der Waals surface area (Å²) in [4.78, 5) is 27.1. The molecular weight excluding hydrogens is 412 g/mol. The van der Waals surface area contributed by atoms with E-state index in [1.54, 1.807) is 39.4 Å². The second kappa shape index (κ2) is 8.45. The van der Waals surface area contributed by atoms with Crippen LogP contribution in [0.25, 0.3) is 21.5 Å². The monoisotopic (exact) mass is 438 g/mol. The Hall–Kier alpha value is -3.68. The molecule has 32 heavy (non-hydrogen) atoms. The van der Waals surface area contributed by atoms with Crippen molar-refractivity contribution < 1.29 is 28.5 Å². The molecule has 8 heteroatoms. The molecule has 0 spiro atoms. The number of primary amides is 1. The van der Waals surface area contributed by atoms with Crippen molar-refractivity contribution in [1.82, 2.24) is 4.90 Å². The summed E-state index contributed by atoms with van der Waals surface area (Å²) in [6.45, 7) is 0.477. The van der Waals surface area contributed by atoms with E-state index in [1.807, 2.05) is 24.3 Å². The third-order valence-corrected chi connectivity index (χ3v) is 6.03. The first-order chi connectivity index (χ1) is 15.4. The van der Waals surface area contributed by atoms with Gasteiger partial charge in [0.15, 0.2) is 23.0 Å². The summed E-state index contributed by atoms with van der Waals surface area (Å²) in [7, 11) is 6.24. The summed E-state index contributed by atoms with van der Waals surface area (Å²) in [5, 5.41) is 3.13. The number of methoxy groups -OCH3 is 4. The molecule has 2 amide bonds. The minimum absolute atomic E-state index is 0.250. The molecule has 1 saturated heterocycles. The smallest absolute Gasteiger partial charge is 0.255 e. The highest BCUT2D eigenvalue weighted by Crippen LogP contribution is 2.41. The van der Waals surface area contributed by atoms with E-state index in [0.29, 0.717) is 46.9 Å². The van der Waals surface area contributed by atoms with Crippen molar-refractivity contribution in [1.29, 1.82) is 0 Å².